The van der Waals surface area contributed by atoms with E-state index in [1.165, 1.54) is 43.4 Å². The third-order valence-corrected chi connectivity index (χ3v) is 3.71. The molecule has 0 amide bonds. The smallest absolute Gasteiger partial charge is 0.142 e. The highest BCUT2D eigenvalue weighted by Crippen LogP contribution is 2.36. The van der Waals surface area contributed by atoms with Crippen molar-refractivity contribution < 1.29 is 4.74 Å². The topological polar surface area (TPSA) is 21.3 Å². The number of ether oxygens (including phenoxy) is 1. The molecule has 0 aromatic heterocycles. The van der Waals surface area contributed by atoms with Crippen LogP contribution in [0, 0.1) is 6.92 Å². The first-order valence-corrected chi connectivity index (χ1v) is 6.37. The summed E-state index contributed by atoms with van der Waals surface area (Å²) in [5, 5.41) is 3.65. The Labute approximate surface area is 97.0 Å². The molecule has 2 heteroatoms. The zero-order valence-corrected chi connectivity index (χ0v) is 9.83. The molecule has 1 N–H and O–H groups in total. The molecule has 2 unspecified atom stereocenters. The van der Waals surface area contributed by atoms with Crippen LogP contribution in [0.5, 0.6) is 5.75 Å². The zero-order chi connectivity index (χ0) is 11.0. The van der Waals surface area contributed by atoms with Crippen molar-refractivity contribution in [2.24, 2.45) is 0 Å². The van der Waals surface area contributed by atoms with E-state index >= 15 is 0 Å². The molecule has 3 rings (SSSR count). The largest absolute Gasteiger partial charge is 0.486 e. The molecule has 2 aliphatic rings. The highest BCUT2D eigenvalue weighted by atomic mass is 16.5. The molecular weight excluding hydrogens is 198 g/mol. The Morgan fingerprint density at radius 3 is 3.00 bits per heavy atom. The van der Waals surface area contributed by atoms with Crippen molar-refractivity contribution in [3.8, 4) is 5.75 Å². The lowest BCUT2D eigenvalue weighted by Gasteiger charge is -2.34. The Kier molecular flexibility index (Phi) is 2.50. The molecule has 2 atom stereocenters. The Balaban J connectivity index is 1.89. The highest BCUT2D eigenvalue weighted by molar-refractivity contribution is 5.60. The Morgan fingerprint density at radius 2 is 2.06 bits per heavy atom. The van der Waals surface area contributed by atoms with Gasteiger partial charge >= 0.3 is 0 Å². The van der Waals surface area contributed by atoms with E-state index < -0.39 is 0 Å². The van der Waals surface area contributed by atoms with Crippen LogP contribution in [0.25, 0.3) is 0 Å². The van der Waals surface area contributed by atoms with Crippen LogP contribution in [-0.2, 0) is 0 Å². The summed E-state index contributed by atoms with van der Waals surface area (Å²) in [7, 11) is 0. The average molecular weight is 217 g/mol. The van der Waals surface area contributed by atoms with Gasteiger partial charge in [0, 0.05) is 0 Å². The minimum Gasteiger partial charge on any atom is -0.486 e. The van der Waals surface area contributed by atoms with Crippen LogP contribution >= 0.6 is 0 Å². The molecule has 86 valence electrons. The van der Waals surface area contributed by atoms with Gasteiger partial charge in [-0.25, -0.2) is 0 Å². The van der Waals surface area contributed by atoms with Gasteiger partial charge in [-0.05, 0) is 43.9 Å². The van der Waals surface area contributed by atoms with Gasteiger partial charge in [-0.1, -0.05) is 18.9 Å². The SMILES string of the molecule is Cc1ccc2c(c1)NC1CCCCCC1O2. The molecule has 16 heavy (non-hydrogen) atoms. The van der Waals surface area contributed by atoms with Gasteiger partial charge in [0.15, 0.2) is 0 Å². The van der Waals surface area contributed by atoms with Gasteiger partial charge in [0.2, 0.25) is 0 Å². The number of fused-ring (bicyclic) bond motifs is 2. The van der Waals surface area contributed by atoms with Crippen LogP contribution in [0.15, 0.2) is 18.2 Å². The number of anilines is 1. The van der Waals surface area contributed by atoms with Crippen molar-refractivity contribution in [1.82, 2.24) is 0 Å². The summed E-state index contributed by atoms with van der Waals surface area (Å²) in [6.07, 6.45) is 6.83. The number of benzene rings is 1. The Bertz CT molecular complexity index is 388. The van der Waals surface area contributed by atoms with Gasteiger partial charge in [0.1, 0.15) is 11.9 Å². The molecular formula is C14H19NO. The summed E-state index contributed by atoms with van der Waals surface area (Å²) >= 11 is 0. The summed E-state index contributed by atoms with van der Waals surface area (Å²) in [5.41, 5.74) is 2.48. The molecule has 0 bridgehead atoms. The summed E-state index contributed by atoms with van der Waals surface area (Å²) in [4.78, 5) is 0. The molecule has 0 radical (unpaired) electrons. The second kappa shape index (κ2) is 4.00. The molecule has 0 saturated heterocycles. The van der Waals surface area contributed by atoms with Crippen LogP contribution in [0.3, 0.4) is 0 Å². The molecule has 1 aromatic carbocycles. The molecule has 1 saturated carbocycles. The number of hydrogen-bond donors (Lipinski definition) is 1. The van der Waals surface area contributed by atoms with E-state index in [1.54, 1.807) is 0 Å². The van der Waals surface area contributed by atoms with Crippen LogP contribution in [0.2, 0.25) is 0 Å². The van der Waals surface area contributed by atoms with E-state index in [2.05, 4.69) is 30.4 Å². The lowest BCUT2D eigenvalue weighted by Crippen LogP contribution is -2.40. The van der Waals surface area contributed by atoms with E-state index in [4.69, 9.17) is 4.74 Å². The van der Waals surface area contributed by atoms with E-state index in [9.17, 15) is 0 Å². The van der Waals surface area contributed by atoms with Crippen molar-refractivity contribution in [2.45, 2.75) is 51.2 Å². The van der Waals surface area contributed by atoms with Crippen molar-refractivity contribution >= 4 is 5.69 Å². The molecule has 2 nitrogen and oxygen atoms in total. The first kappa shape index (κ1) is 10.0. The minimum absolute atomic E-state index is 0.387. The fourth-order valence-corrected chi connectivity index (χ4v) is 2.80. The molecule has 0 spiro atoms. The summed E-state index contributed by atoms with van der Waals surface area (Å²) in [5.74, 6) is 1.04. The summed E-state index contributed by atoms with van der Waals surface area (Å²) in [6, 6.07) is 6.93. The fourth-order valence-electron chi connectivity index (χ4n) is 2.80. The van der Waals surface area contributed by atoms with Gasteiger partial charge in [0.05, 0.1) is 11.7 Å². The van der Waals surface area contributed by atoms with Gasteiger partial charge in [0.25, 0.3) is 0 Å². The quantitative estimate of drug-likeness (QED) is 0.718. The second-order valence-electron chi connectivity index (χ2n) is 5.04. The van der Waals surface area contributed by atoms with Crippen LogP contribution in [0.4, 0.5) is 5.69 Å². The third-order valence-electron chi connectivity index (χ3n) is 3.71. The van der Waals surface area contributed by atoms with Gasteiger partial charge in [-0.15, -0.1) is 0 Å². The normalized spacial score (nSPS) is 28.1. The van der Waals surface area contributed by atoms with Gasteiger partial charge in [-0.2, -0.15) is 0 Å². The predicted octanol–water partition coefficient (Wildman–Crippen LogP) is 3.50. The number of aryl methyl sites for hydroxylation is 1. The summed E-state index contributed by atoms with van der Waals surface area (Å²) in [6.45, 7) is 2.13. The standard InChI is InChI=1S/C14H19NO/c1-10-7-8-14-12(9-10)15-11-5-3-2-4-6-13(11)16-14/h7-9,11,13,15H,2-6H2,1H3. The van der Waals surface area contributed by atoms with Crippen LogP contribution in [0.1, 0.15) is 37.7 Å². The summed E-state index contributed by atoms with van der Waals surface area (Å²) < 4.78 is 6.11. The Morgan fingerprint density at radius 1 is 1.19 bits per heavy atom. The predicted molar refractivity (Wildman–Crippen MR) is 66.1 cm³/mol. The first-order chi connectivity index (χ1) is 7.83. The highest BCUT2D eigenvalue weighted by Gasteiger charge is 2.30. The van der Waals surface area contributed by atoms with Crippen LogP contribution in [-0.4, -0.2) is 12.1 Å². The number of hydrogen-bond acceptors (Lipinski definition) is 2. The van der Waals surface area contributed by atoms with E-state index in [1.807, 2.05) is 0 Å². The fraction of sp³-hybridized carbons (Fsp3) is 0.571. The monoisotopic (exact) mass is 217 g/mol. The number of rotatable bonds is 0. The molecule has 1 heterocycles. The van der Waals surface area contributed by atoms with E-state index in [-0.39, 0.29) is 0 Å². The molecule has 1 fully saturated rings. The van der Waals surface area contributed by atoms with Crippen molar-refractivity contribution in [1.29, 1.82) is 0 Å². The van der Waals surface area contributed by atoms with Crippen molar-refractivity contribution in [3.63, 3.8) is 0 Å². The van der Waals surface area contributed by atoms with Gasteiger partial charge < -0.3 is 10.1 Å². The maximum Gasteiger partial charge on any atom is 0.142 e. The molecule has 1 aromatic rings. The zero-order valence-electron chi connectivity index (χ0n) is 9.83. The maximum absolute atomic E-state index is 6.11. The minimum atomic E-state index is 0.387. The Hall–Kier alpha value is -1.18. The molecule has 1 aliphatic carbocycles. The second-order valence-corrected chi connectivity index (χ2v) is 5.04. The first-order valence-electron chi connectivity index (χ1n) is 6.37. The van der Waals surface area contributed by atoms with E-state index in [0.29, 0.717) is 12.1 Å². The molecule has 1 aliphatic heterocycles. The lowest BCUT2D eigenvalue weighted by atomic mass is 10.0. The van der Waals surface area contributed by atoms with Crippen molar-refractivity contribution in [2.75, 3.05) is 5.32 Å². The van der Waals surface area contributed by atoms with Gasteiger partial charge in [-0.3, -0.25) is 0 Å². The average Bonchev–Trinajstić information content (AvgIpc) is 2.50. The third kappa shape index (κ3) is 1.77. The van der Waals surface area contributed by atoms with Crippen molar-refractivity contribution in [3.05, 3.63) is 23.8 Å². The van der Waals surface area contributed by atoms with Crippen LogP contribution < -0.4 is 10.1 Å². The van der Waals surface area contributed by atoms with E-state index in [0.717, 1.165) is 5.75 Å². The lowest BCUT2D eigenvalue weighted by molar-refractivity contribution is 0.160. The maximum atomic E-state index is 6.11. The number of nitrogens with one attached hydrogen (secondary N) is 1.